The summed E-state index contributed by atoms with van der Waals surface area (Å²) < 4.78 is 16.6. The molecule has 0 amide bonds. The molecule has 4 rings (SSSR count). The minimum absolute atomic E-state index is 0.154. The maximum absolute atomic E-state index is 13.2. The number of pyridine rings is 2. The van der Waals surface area contributed by atoms with Crippen molar-refractivity contribution in [3.63, 3.8) is 0 Å². The molecule has 2 N–H and O–H groups in total. The summed E-state index contributed by atoms with van der Waals surface area (Å²) in [5.74, 6) is 2.67. The molecule has 7 heteroatoms. The number of nitrogens with one attached hydrogen (secondary N) is 2. The molecule has 2 heterocycles. The minimum Gasteiger partial charge on any atom is -0.497 e. The first-order valence-electron chi connectivity index (χ1n) is 11.0. The Morgan fingerprint density at radius 3 is 2.55 bits per heavy atom. The van der Waals surface area contributed by atoms with Crippen LogP contribution in [0.3, 0.4) is 0 Å². The normalized spacial score (nSPS) is 11.1. The topological polar surface area (TPSA) is 85.5 Å². The van der Waals surface area contributed by atoms with Crippen molar-refractivity contribution in [2.75, 3.05) is 33.2 Å². The zero-order valence-electron chi connectivity index (χ0n) is 19.7. The smallest absolute Gasteiger partial charge is 0.252 e. The van der Waals surface area contributed by atoms with Gasteiger partial charge in [0.05, 0.1) is 26.8 Å². The average molecular weight is 448 g/mol. The average Bonchev–Trinajstić information content (AvgIpc) is 2.83. The van der Waals surface area contributed by atoms with E-state index in [1.54, 1.807) is 21.3 Å². The van der Waals surface area contributed by atoms with Crippen molar-refractivity contribution in [1.82, 2.24) is 9.97 Å². The van der Waals surface area contributed by atoms with Crippen molar-refractivity contribution in [2.24, 2.45) is 0 Å². The number of fused-ring (bicyclic) bond motifs is 2. The second kappa shape index (κ2) is 9.40. The Morgan fingerprint density at radius 2 is 1.85 bits per heavy atom. The fraction of sp³-hybridized carbons (Fsp3) is 0.308. The molecule has 4 aromatic rings. The number of nitrogens with zero attached hydrogens (tertiary/aromatic N) is 1. The molecule has 7 nitrogen and oxygen atoms in total. The number of aromatic amines is 1. The second-order valence-electron chi connectivity index (χ2n) is 7.94. The van der Waals surface area contributed by atoms with E-state index in [1.807, 2.05) is 37.3 Å². The lowest BCUT2D eigenvalue weighted by Gasteiger charge is -2.17. The number of hydrogen-bond donors (Lipinski definition) is 2. The number of H-pyrrole nitrogens is 1. The van der Waals surface area contributed by atoms with Gasteiger partial charge < -0.3 is 24.5 Å². The van der Waals surface area contributed by atoms with E-state index in [0.717, 1.165) is 57.5 Å². The third-order valence-electron chi connectivity index (χ3n) is 5.84. The largest absolute Gasteiger partial charge is 0.497 e. The lowest BCUT2D eigenvalue weighted by molar-refractivity contribution is 0.358. The Kier molecular flexibility index (Phi) is 6.40. The summed E-state index contributed by atoms with van der Waals surface area (Å²) >= 11 is 0. The highest BCUT2D eigenvalue weighted by atomic mass is 16.5. The van der Waals surface area contributed by atoms with Gasteiger partial charge in [-0.05, 0) is 55.3 Å². The van der Waals surface area contributed by atoms with Gasteiger partial charge >= 0.3 is 0 Å². The Labute approximate surface area is 192 Å². The van der Waals surface area contributed by atoms with Gasteiger partial charge in [0.15, 0.2) is 11.5 Å². The summed E-state index contributed by atoms with van der Waals surface area (Å²) in [5.41, 5.74) is 3.02. The molecule has 0 aliphatic heterocycles. The molecule has 0 atom stereocenters. The lowest BCUT2D eigenvalue weighted by Crippen LogP contribution is -2.17. The molecular formula is C26H29N3O4. The van der Waals surface area contributed by atoms with Crippen LogP contribution in [0.15, 0.2) is 41.2 Å². The number of anilines is 1. The predicted octanol–water partition coefficient (Wildman–Crippen LogP) is 4.82. The molecule has 2 aromatic carbocycles. The highest BCUT2D eigenvalue weighted by molar-refractivity contribution is 5.95. The lowest BCUT2D eigenvalue weighted by atomic mass is 9.97. The summed E-state index contributed by atoms with van der Waals surface area (Å²) in [4.78, 5) is 21.1. The summed E-state index contributed by atoms with van der Waals surface area (Å²) in [6.07, 6.45) is 1.34. The van der Waals surface area contributed by atoms with E-state index in [2.05, 4.69) is 23.3 Å². The summed E-state index contributed by atoms with van der Waals surface area (Å²) in [6, 6.07) is 11.7. The maximum Gasteiger partial charge on any atom is 0.252 e. The molecule has 0 radical (unpaired) electrons. The van der Waals surface area contributed by atoms with Crippen molar-refractivity contribution >= 4 is 27.5 Å². The molecular weight excluding hydrogens is 418 g/mol. The van der Waals surface area contributed by atoms with E-state index in [1.165, 1.54) is 0 Å². The van der Waals surface area contributed by atoms with Crippen molar-refractivity contribution in [2.45, 2.75) is 26.7 Å². The van der Waals surface area contributed by atoms with Crippen LogP contribution in [0.4, 0.5) is 5.82 Å². The summed E-state index contributed by atoms with van der Waals surface area (Å²) in [7, 11) is 4.83. The van der Waals surface area contributed by atoms with Gasteiger partial charge in [-0.1, -0.05) is 6.92 Å². The van der Waals surface area contributed by atoms with Crippen LogP contribution in [-0.4, -0.2) is 37.8 Å². The number of benzene rings is 2. The van der Waals surface area contributed by atoms with Crippen molar-refractivity contribution < 1.29 is 14.2 Å². The van der Waals surface area contributed by atoms with Gasteiger partial charge in [-0.3, -0.25) is 4.79 Å². The van der Waals surface area contributed by atoms with Crippen LogP contribution in [0.25, 0.3) is 21.7 Å². The zero-order valence-corrected chi connectivity index (χ0v) is 19.7. The first-order valence-corrected chi connectivity index (χ1v) is 11.0. The molecule has 0 spiro atoms. The Balaban J connectivity index is 1.96. The van der Waals surface area contributed by atoms with Crippen molar-refractivity contribution in [3.05, 3.63) is 63.6 Å². The van der Waals surface area contributed by atoms with Gasteiger partial charge in [-0.2, -0.15) is 0 Å². The molecule has 0 aliphatic carbocycles. The van der Waals surface area contributed by atoms with Crippen molar-refractivity contribution in [3.8, 4) is 17.2 Å². The summed E-state index contributed by atoms with van der Waals surface area (Å²) in [6.45, 7) is 4.77. The van der Waals surface area contributed by atoms with E-state index < -0.39 is 0 Å². The molecule has 0 fully saturated rings. The molecule has 0 unspecified atom stereocenters. The fourth-order valence-electron chi connectivity index (χ4n) is 4.18. The SMILES string of the molecule is CCCNc1nc2ccc(OC)cc2cc1Cc1c(=O)[nH]c(C)c2ccc(OC)c(OC)c12. The standard InChI is InChI=1S/C26H29N3O4/c1-6-11-27-25-17(12-16-13-18(31-3)7-9-21(16)29-25)14-20-23-19(15(2)28-26(20)30)8-10-22(32-4)24(23)33-5/h7-10,12-13H,6,11,14H2,1-5H3,(H,27,29)(H,28,30). The Morgan fingerprint density at radius 1 is 1.03 bits per heavy atom. The van der Waals surface area contributed by atoms with E-state index in [0.29, 0.717) is 23.5 Å². The predicted molar refractivity (Wildman–Crippen MR) is 132 cm³/mol. The molecule has 0 saturated heterocycles. The molecule has 172 valence electrons. The first-order chi connectivity index (χ1) is 16.0. The number of hydrogen-bond acceptors (Lipinski definition) is 6. The third-order valence-corrected chi connectivity index (χ3v) is 5.84. The first kappa shape index (κ1) is 22.5. The number of aromatic nitrogens is 2. The van der Waals surface area contributed by atoms with Gasteiger partial charge in [0.25, 0.3) is 5.56 Å². The molecule has 0 bridgehead atoms. The van der Waals surface area contributed by atoms with Crippen molar-refractivity contribution in [1.29, 1.82) is 0 Å². The van der Waals surface area contributed by atoms with Crippen LogP contribution in [0.2, 0.25) is 0 Å². The van der Waals surface area contributed by atoms with Gasteiger partial charge in [-0.25, -0.2) is 4.98 Å². The van der Waals surface area contributed by atoms with E-state index in [-0.39, 0.29) is 5.56 Å². The molecule has 0 saturated carbocycles. The van der Waals surface area contributed by atoms with Gasteiger partial charge in [0.2, 0.25) is 0 Å². The monoisotopic (exact) mass is 447 g/mol. The molecule has 2 aromatic heterocycles. The van der Waals surface area contributed by atoms with Gasteiger partial charge in [-0.15, -0.1) is 0 Å². The second-order valence-corrected chi connectivity index (χ2v) is 7.94. The fourth-order valence-corrected chi connectivity index (χ4v) is 4.18. The van der Waals surface area contributed by atoms with Crippen LogP contribution in [-0.2, 0) is 6.42 Å². The maximum atomic E-state index is 13.2. The van der Waals surface area contributed by atoms with E-state index in [4.69, 9.17) is 19.2 Å². The highest BCUT2D eigenvalue weighted by Crippen LogP contribution is 2.38. The van der Waals surface area contributed by atoms with Gasteiger partial charge in [0.1, 0.15) is 11.6 Å². The minimum atomic E-state index is -0.154. The highest BCUT2D eigenvalue weighted by Gasteiger charge is 2.19. The van der Waals surface area contributed by atoms with E-state index >= 15 is 0 Å². The Hall–Kier alpha value is -3.74. The van der Waals surface area contributed by atoms with Crippen LogP contribution < -0.4 is 25.1 Å². The zero-order chi connectivity index (χ0) is 23.5. The summed E-state index contributed by atoms with van der Waals surface area (Å²) in [5, 5.41) is 6.04. The van der Waals surface area contributed by atoms with E-state index in [9.17, 15) is 4.79 Å². The number of methoxy groups -OCH3 is 3. The van der Waals surface area contributed by atoms with Crippen LogP contribution in [0.1, 0.15) is 30.2 Å². The van der Waals surface area contributed by atoms with Crippen LogP contribution >= 0.6 is 0 Å². The number of aryl methyl sites for hydroxylation is 1. The van der Waals surface area contributed by atoms with Crippen LogP contribution in [0.5, 0.6) is 17.2 Å². The quantitative estimate of drug-likeness (QED) is 0.403. The third kappa shape index (κ3) is 4.18. The number of ether oxygens (including phenoxy) is 3. The molecule has 33 heavy (non-hydrogen) atoms. The van der Waals surface area contributed by atoms with Gasteiger partial charge in [0, 0.05) is 40.4 Å². The molecule has 0 aliphatic rings. The Bertz CT molecular complexity index is 1380. The van der Waals surface area contributed by atoms with Crippen LogP contribution in [0, 0.1) is 6.92 Å². The number of rotatable bonds is 8.